The lowest BCUT2D eigenvalue weighted by atomic mass is 9.49. The highest BCUT2D eigenvalue weighted by Gasteiger charge is 2.54. The summed E-state index contributed by atoms with van der Waals surface area (Å²) in [4.78, 5) is 13.1. The number of hydrogen-bond acceptors (Lipinski definition) is 2. The van der Waals surface area contributed by atoms with Gasteiger partial charge in [-0.2, -0.15) is 5.10 Å². The molecule has 0 spiro atoms. The maximum Gasteiger partial charge on any atom is 0.230 e. The predicted molar refractivity (Wildman–Crippen MR) is 86.6 cm³/mol. The van der Waals surface area contributed by atoms with Crippen LogP contribution < -0.4 is 5.32 Å². The Bertz CT molecular complexity index is 581. The van der Waals surface area contributed by atoms with Crippen molar-refractivity contribution in [2.24, 2.45) is 23.2 Å². The van der Waals surface area contributed by atoms with Gasteiger partial charge in [-0.25, -0.2) is 0 Å². The molecule has 4 bridgehead atoms. The standard InChI is InChI=1S/C18H27N3O/c1-4-21-12(3)16(11(2)20-21)19-17(22)18-8-13-5-14(9-18)7-15(6-13)10-18/h13-15H,4-10H2,1-3H3,(H,19,22). The molecule has 4 fully saturated rings. The smallest absolute Gasteiger partial charge is 0.230 e. The monoisotopic (exact) mass is 301 g/mol. The fourth-order valence-electron chi connectivity index (χ4n) is 5.82. The molecular weight excluding hydrogens is 274 g/mol. The van der Waals surface area contributed by atoms with Crippen molar-refractivity contribution in [1.29, 1.82) is 0 Å². The van der Waals surface area contributed by atoms with Crippen molar-refractivity contribution < 1.29 is 4.79 Å². The summed E-state index contributed by atoms with van der Waals surface area (Å²) in [5.41, 5.74) is 2.89. The topological polar surface area (TPSA) is 46.9 Å². The number of anilines is 1. The van der Waals surface area contributed by atoms with Crippen LogP contribution in [0.15, 0.2) is 0 Å². The van der Waals surface area contributed by atoms with Crippen LogP contribution in [-0.4, -0.2) is 15.7 Å². The highest BCUT2D eigenvalue weighted by atomic mass is 16.2. The number of aromatic nitrogens is 2. The van der Waals surface area contributed by atoms with E-state index in [1.807, 2.05) is 11.6 Å². The summed E-state index contributed by atoms with van der Waals surface area (Å²) in [6.45, 7) is 6.98. The minimum absolute atomic E-state index is 0.0814. The second kappa shape index (κ2) is 4.84. The molecule has 1 N–H and O–H groups in total. The highest BCUT2D eigenvalue weighted by molar-refractivity contribution is 5.96. The van der Waals surface area contributed by atoms with Gasteiger partial charge in [-0.3, -0.25) is 9.48 Å². The summed E-state index contributed by atoms with van der Waals surface area (Å²) in [5, 5.41) is 7.80. The number of carbonyl (C=O) groups is 1. The van der Waals surface area contributed by atoms with Crippen LogP contribution in [0.25, 0.3) is 0 Å². The van der Waals surface area contributed by atoms with Gasteiger partial charge >= 0.3 is 0 Å². The first-order valence-corrected chi connectivity index (χ1v) is 8.86. The van der Waals surface area contributed by atoms with Gasteiger partial charge in [0.25, 0.3) is 0 Å². The molecule has 0 saturated heterocycles. The summed E-state index contributed by atoms with van der Waals surface area (Å²) in [6, 6.07) is 0. The Balaban J connectivity index is 1.59. The maximum absolute atomic E-state index is 13.1. The average Bonchev–Trinajstić information content (AvgIpc) is 2.73. The quantitative estimate of drug-likeness (QED) is 0.926. The van der Waals surface area contributed by atoms with E-state index in [2.05, 4.69) is 24.3 Å². The molecule has 1 aromatic rings. The number of nitrogens with zero attached hydrogens (tertiary/aromatic N) is 2. The Morgan fingerprint density at radius 2 is 1.73 bits per heavy atom. The van der Waals surface area contributed by atoms with Crippen LogP contribution >= 0.6 is 0 Å². The molecule has 22 heavy (non-hydrogen) atoms. The molecule has 1 aromatic heterocycles. The minimum Gasteiger partial charge on any atom is -0.322 e. The van der Waals surface area contributed by atoms with E-state index in [4.69, 9.17) is 0 Å². The molecule has 4 aliphatic rings. The molecule has 1 heterocycles. The molecule has 4 heteroatoms. The first kappa shape index (κ1) is 14.3. The van der Waals surface area contributed by atoms with E-state index in [0.29, 0.717) is 0 Å². The molecule has 0 radical (unpaired) electrons. The van der Waals surface area contributed by atoms with Crippen molar-refractivity contribution in [2.45, 2.75) is 65.8 Å². The van der Waals surface area contributed by atoms with E-state index in [9.17, 15) is 4.79 Å². The van der Waals surface area contributed by atoms with Crippen molar-refractivity contribution in [2.75, 3.05) is 5.32 Å². The molecule has 4 nitrogen and oxygen atoms in total. The molecule has 0 aromatic carbocycles. The van der Waals surface area contributed by atoms with Gasteiger partial charge in [-0.1, -0.05) is 0 Å². The Morgan fingerprint density at radius 3 is 2.18 bits per heavy atom. The van der Waals surface area contributed by atoms with E-state index >= 15 is 0 Å². The van der Waals surface area contributed by atoms with Crippen LogP contribution in [0.1, 0.15) is 56.8 Å². The third kappa shape index (κ3) is 2.03. The van der Waals surface area contributed by atoms with Gasteiger partial charge in [-0.05, 0) is 77.0 Å². The van der Waals surface area contributed by atoms with Gasteiger partial charge in [0.15, 0.2) is 0 Å². The average molecular weight is 301 g/mol. The van der Waals surface area contributed by atoms with Gasteiger partial charge in [0.2, 0.25) is 5.91 Å². The fourth-order valence-corrected chi connectivity index (χ4v) is 5.82. The maximum atomic E-state index is 13.1. The van der Waals surface area contributed by atoms with E-state index < -0.39 is 0 Å². The van der Waals surface area contributed by atoms with Gasteiger partial charge in [0.1, 0.15) is 0 Å². The van der Waals surface area contributed by atoms with Gasteiger partial charge in [0, 0.05) is 6.54 Å². The molecule has 0 aliphatic heterocycles. The Kier molecular flexibility index (Phi) is 3.14. The van der Waals surface area contributed by atoms with Crippen molar-refractivity contribution >= 4 is 11.6 Å². The number of hydrogen-bond donors (Lipinski definition) is 1. The second-order valence-corrected chi connectivity index (χ2v) is 8.01. The molecule has 5 rings (SSSR count). The molecule has 0 atom stereocenters. The molecule has 1 amide bonds. The summed E-state index contributed by atoms with van der Waals surface area (Å²) < 4.78 is 1.98. The van der Waals surface area contributed by atoms with Crippen LogP contribution in [0.2, 0.25) is 0 Å². The van der Waals surface area contributed by atoms with Crippen molar-refractivity contribution in [3.63, 3.8) is 0 Å². The van der Waals surface area contributed by atoms with Crippen LogP contribution in [0.3, 0.4) is 0 Å². The Morgan fingerprint density at radius 1 is 1.18 bits per heavy atom. The van der Waals surface area contributed by atoms with Crippen LogP contribution in [-0.2, 0) is 11.3 Å². The highest BCUT2D eigenvalue weighted by Crippen LogP contribution is 2.60. The first-order chi connectivity index (χ1) is 10.5. The second-order valence-electron chi connectivity index (χ2n) is 8.01. The minimum atomic E-state index is -0.0814. The van der Waals surface area contributed by atoms with Crippen molar-refractivity contribution in [3.05, 3.63) is 11.4 Å². The zero-order chi connectivity index (χ0) is 15.5. The summed E-state index contributed by atoms with van der Waals surface area (Å²) in [7, 11) is 0. The number of nitrogens with one attached hydrogen (secondary N) is 1. The zero-order valence-electron chi connectivity index (χ0n) is 14.0. The van der Waals surface area contributed by atoms with Crippen LogP contribution in [0.5, 0.6) is 0 Å². The van der Waals surface area contributed by atoms with E-state index in [1.165, 1.54) is 19.3 Å². The third-order valence-corrected chi connectivity index (χ3v) is 6.44. The lowest BCUT2D eigenvalue weighted by Crippen LogP contribution is -2.51. The molecule has 0 unspecified atom stereocenters. The number of aryl methyl sites for hydroxylation is 2. The van der Waals surface area contributed by atoms with E-state index in [1.54, 1.807) is 0 Å². The van der Waals surface area contributed by atoms with E-state index in [-0.39, 0.29) is 11.3 Å². The summed E-state index contributed by atoms with van der Waals surface area (Å²) in [6.07, 6.45) is 7.47. The van der Waals surface area contributed by atoms with Gasteiger partial charge < -0.3 is 5.32 Å². The van der Waals surface area contributed by atoms with Crippen LogP contribution in [0, 0.1) is 37.0 Å². The summed E-state index contributed by atoms with van der Waals surface area (Å²) >= 11 is 0. The zero-order valence-corrected chi connectivity index (χ0v) is 14.0. The SMILES string of the molecule is CCn1nc(C)c(NC(=O)C23CC4CC(CC(C4)C2)C3)c1C. The number of rotatable bonds is 3. The fraction of sp³-hybridized carbons (Fsp3) is 0.778. The Hall–Kier alpha value is -1.32. The molecule has 4 saturated carbocycles. The normalized spacial score (nSPS) is 35.9. The van der Waals surface area contributed by atoms with Crippen molar-refractivity contribution in [1.82, 2.24) is 9.78 Å². The number of carbonyl (C=O) groups excluding carboxylic acids is 1. The van der Waals surface area contributed by atoms with Crippen molar-refractivity contribution in [3.8, 4) is 0 Å². The molecule has 120 valence electrons. The summed E-state index contributed by atoms with van der Waals surface area (Å²) in [5.74, 6) is 2.68. The lowest BCUT2D eigenvalue weighted by Gasteiger charge is -2.55. The molecular formula is C18H27N3O. The largest absolute Gasteiger partial charge is 0.322 e. The van der Waals surface area contributed by atoms with Gasteiger partial charge in [-0.15, -0.1) is 0 Å². The van der Waals surface area contributed by atoms with E-state index in [0.717, 1.165) is 60.6 Å². The first-order valence-electron chi connectivity index (χ1n) is 8.86. The predicted octanol–water partition coefficient (Wildman–Crippen LogP) is 3.67. The third-order valence-electron chi connectivity index (χ3n) is 6.44. The van der Waals surface area contributed by atoms with Crippen LogP contribution in [0.4, 0.5) is 5.69 Å². The number of amides is 1. The lowest BCUT2D eigenvalue weighted by molar-refractivity contribution is -0.140. The molecule has 4 aliphatic carbocycles. The van der Waals surface area contributed by atoms with Gasteiger partial charge in [0.05, 0.1) is 22.5 Å². The Labute approximate surface area is 132 Å².